The molecule has 0 fully saturated rings. The minimum absolute atomic E-state index is 0.328. The van der Waals surface area contributed by atoms with Crippen molar-refractivity contribution in [1.82, 2.24) is 0 Å². The second-order valence-electron chi connectivity index (χ2n) is 2.33. The third-order valence-electron chi connectivity index (χ3n) is 1.23. The van der Waals surface area contributed by atoms with Gasteiger partial charge < -0.3 is 8.92 Å². The Morgan fingerprint density at radius 3 is 2.33 bits per heavy atom. The Hall–Kier alpha value is -1.44. The van der Waals surface area contributed by atoms with Crippen LogP contribution in [0, 0.1) is 0 Å². The van der Waals surface area contributed by atoms with Gasteiger partial charge in [0.1, 0.15) is 11.5 Å². The van der Waals surface area contributed by atoms with Gasteiger partial charge in [-0.2, -0.15) is 17.2 Å². The molecule has 4 nitrogen and oxygen atoms in total. The SMILES string of the molecule is O=S(=O)(F)Oc1cccc(OC(F)F)c1. The van der Waals surface area contributed by atoms with Crippen LogP contribution < -0.4 is 8.92 Å². The summed E-state index contributed by atoms with van der Waals surface area (Å²) in [6.45, 7) is -3.05. The predicted molar refractivity (Wildman–Crippen MR) is 43.7 cm³/mol. The van der Waals surface area contributed by atoms with Crippen molar-refractivity contribution >= 4 is 10.5 Å². The number of ether oxygens (including phenoxy) is 1. The number of benzene rings is 1. The van der Waals surface area contributed by atoms with Gasteiger partial charge >= 0.3 is 17.1 Å². The van der Waals surface area contributed by atoms with Crippen molar-refractivity contribution in [2.45, 2.75) is 6.61 Å². The van der Waals surface area contributed by atoms with E-state index >= 15 is 0 Å². The molecule has 1 rings (SSSR count). The Labute approximate surface area is 83.6 Å². The second-order valence-corrected chi connectivity index (χ2v) is 3.28. The molecule has 0 radical (unpaired) electrons. The molecule has 8 heteroatoms. The van der Waals surface area contributed by atoms with Crippen molar-refractivity contribution in [3.8, 4) is 11.5 Å². The Bertz CT molecular complexity index is 432. The molecule has 15 heavy (non-hydrogen) atoms. The Kier molecular flexibility index (Phi) is 3.40. The molecule has 0 atom stereocenters. The average molecular weight is 242 g/mol. The van der Waals surface area contributed by atoms with Gasteiger partial charge in [-0.25, -0.2) is 0 Å². The highest BCUT2D eigenvalue weighted by molar-refractivity contribution is 7.81. The maximum Gasteiger partial charge on any atom is 0.488 e. The second kappa shape index (κ2) is 4.39. The van der Waals surface area contributed by atoms with Gasteiger partial charge in [0.05, 0.1) is 0 Å². The fourth-order valence-corrected chi connectivity index (χ4v) is 1.15. The molecule has 0 saturated carbocycles. The third-order valence-corrected chi connectivity index (χ3v) is 1.62. The molecule has 0 spiro atoms. The molecule has 1 aromatic carbocycles. The Balaban J connectivity index is 2.83. The first-order valence-corrected chi connectivity index (χ1v) is 4.86. The lowest BCUT2D eigenvalue weighted by atomic mass is 10.3. The van der Waals surface area contributed by atoms with Gasteiger partial charge in [0.2, 0.25) is 0 Å². The molecular weight excluding hydrogens is 237 g/mol. The number of hydrogen-bond acceptors (Lipinski definition) is 4. The van der Waals surface area contributed by atoms with E-state index < -0.39 is 22.9 Å². The largest absolute Gasteiger partial charge is 0.488 e. The highest BCUT2D eigenvalue weighted by atomic mass is 32.3. The monoisotopic (exact) mass is 242 g/mol. The lowest BCUT2D eigenvalue weighted by molar-refractivity contribution is -0.0498. The normalized spacial score (nSPS) is 11.5. The lowest BCUT2D eigenvalue weighted by Crippen LogP contribution is -2.03. The van der Waals surface area contributed by atoms with Crippen LogP contribution in [0.4, 0.5) is 12.7 Å². The highest BCUT2D eigenvalue weighted by Crippen LogP contribution is 2.22. The topological polar surface area (TPSA) is 52.6 Å². The van der Waals surface area contributed by atoms with E-state index in [4.69, 9.17) is 0 Å². The van der Waals surface area contributed by atoms with Crippen LogP contribution in [0.1, 0.15) is 0 Å². The first-order chi connectivity index (χ1) is 6.87. The van der Waals surface area contributed by atoms with Crippen LogP contribution in [0.5, 0.6) is 11.5 Å². The van der Waals surface area contributed by atoms with E-state index in [0.717, 1.165) is 18.2 Å². The fraction of sp³-hybridized carbons (Fsp3) is 0.143. The molecule has 0 heterocycles. The van der Waals surface area contributed by atoms with Gasteiger partial charge in [-0.1, -0.05) is 9.95 Å². The molecule has 0 bridgehead atoms. The van der Waals surface area contributed by atoms with E-state index in [9.17, 15) is 21.1 Å². The van der Waals surface area contributed by atoms with Gasteiger partial charge in [-0.3, -0.25) is 0 Å². The Morgan fingerprint density at radius 2 is 1.80 bits per heavy atom. The van der Waals surface area contributed by atoms with Gasteiger partial charge in [-0.05, 0) is 12.1 Å². The molecule has 0 aliphatic heterocycles. The van der Waals surface area contributed by atoms with Crippen LogP contribution in [0.25, 0.3) is 0 Å². The van der Waals surface area contributed by atoms with Crippen molar-refractivity contribution in [2.24, 2.45) is 0 Å². The number of halogens is 3. The zero-order valence-corrected chi connectivity index (χ0v) is 7.88. The van der Waals surface area contributed by atoms with Crippen molar-refractivity contribution in [1.29, 1.82) is 0 Å². The molecule has 0 aliphatic carbocycles. The van der Waals surface area contributed by atoms with Crippen LogP contribution in [0.15, 0.2) is 24.3 Å². The number of rotatable bonds is 4. The van der Waals surface area contributed by atoms with Crippen molar-refractivity contribution in [2.75, 3.05) is 0 Å². The fourth-order valence-electron chi connectivity index (χ4n) is 0.817. The zero-order valence-electron chi connectivity index (χ0n) is 7.06. The van der Waals surface area contributed by atoms with Gasteiger partial charge in [0, 0.05) is 6.07 Å². The third kappa shape index (κ3) is 4.54. The van der Waals surface area contributed by atoms with E-state index in [-0.39, 0.29) is 5.75 Å². The van der Waals surface area contributed by atoms with Crippen molar-refractivity contribution in [3.05, 3.63) is 24.3 Å². The number of alkyl halides is 2. The summed E-state index contributed by atoms with van der Waals surface area (Å²) in [5.41, 5.74) is 0. The minimum Gasteiger partial charge on any atom is -0.435 e. The maximum absolute atomic E-state index is 12.0. The molecule has 0 unspecified atom stereocenters. The number of hydrogen-bond donors (Lipinski definition) is 0. The van der Waals surface area contributed by atoms with Gasteiger partial charge in [0.25, 0.3) is 0 Å². The molecular formula is C7H5F3O4S. The quantitative estimate of drug-likeness (QED) is 0.756. The summed E-state index contributed by atoms with van der Waals surface area (Å²) in [6.07, 6.45) is 0. The van der Waals surface area contributed by atoms with Gasteiger partial charge in [-0.15, -0.1) is 0 Å². The Morgan fingerprint density at radius 1 is 1.20 bits per heavy atom. The highest BCUT2D eigenvalue weighted by Gasteiger charge is 2.11. The van der Waals surface area contributed by atoms with Crippen LogP contribution in [0.3, 0.4) is 0 Å². The maximum atomic E-state index is 12.0. The average Bonchev–Trinajstić information content (AvgIpc) is 1.99. The van der Waals surface area contributed by atoms with Crippen LogP contribution >= 0.6 is 0 Å². The summed E-state index contributed by atoms with van der Waals surface area (Å²) in [5.74, 6) is -0.776. The van der Waals surface area contributed by atoms with E-state index in [1.54, 1.807) is 0 Å². The predicted octanol–water partition coefficient (Wildman–Crippen LogP) is 1.88. The summed E-state index contributed by atoms with van der Waals surface area (Å²) in [5, 5.41) is 0. The summed E-state index contributed by atoms with van der Waals surface area (Å²) >= 11 is 0. The van der Waals surface area contributed by atoms with Crippen LogP contribution in [-0.4, -0.2) is 15.0 Å². The zero-order chi connectivity index (χ0) is 11.5. The summed E-state index contributed by atoms with van der Waals surface area (Å²) in [4.78, 5) is 0. The van der Waals surface area contributed by atoms with E-state index in [2.05, 4.69) is 8.92 Å². The lowest BCUT2D eigenvalue weighted by Gasteiger charge is -2.05. The van der Waals surface area contributed by atoms with Gasteiger partial charge in [0.15, 0.2) is 0 Å². The molecule has 0 amide bonds. The van der Waals surface area contributed by atoms with Crippen LogP contribution in [0.2, 0.25) is 0 Å². The molecule has 0 saturated heterocycles. The van der Waals surface area contributed by atoms with Crippen molar-refractivity contribution in [3.63, 3.8) is 0 Å². The van der Waals surface area contributed by atoms with E-state index in [1.807, 2.05) is 0 Å². The van der Waals surface area contributed by atoms with Crippen molar-refractivity contribution < 1.29 is 30.0 Å². The summed E-state index contributed by atoms with van der Waals surface area (Å²) in [7, 11) is -5.17. The van der Waals surface area contributed by atoms with E-state index in [0.29, 0.717) is 0 Å². The molecule has 1 aromatic rings. The minimum atomic E-state index is -5.17. The van der Waals surface area contributed by atoms with E-state index in [1.165, 1.54) is 6.07 Å². The first kappa shape index (κ1) is 11.6. The summed E-state index contributed by atoms with van der Waals surface area (Å²) < 4.78 is 63.4. The molecule has 84 valence electrons. The first-order valence-electron chi connectivity index (χ1n) is 3.56. The molecule has 0 aliphatic rings. The standard InChI is InChI=1S/C7H5F3O4S/c8-7(9)13-5-2-1-3-6(4-5)14-15(10,11)12/h1-4,7H. The molecule has 0 N–H and O–H groups in total. The smallest absolute Gasteiger partial charge is 0.435 e. The summed E-state index contributed by atoms with van der Waals surface area (Å²) in [6, 6.07) is 4.22. The molecule has 0 aromatic heterocycles. The van der Waals surface area contributed by atoms with Crippen LogP contribution in [-0.2, 0) is 10.5 Å².